The molecule has 33 heavy (non-hydrogen) atoms. The third-order valence-electron chi connectivity index (χ3n) is 5.35. The summed E-state index contributed by atoms with van der Waals surface area (Å²) < 4.78 is 15.2. The number of hydrogen-bond acceptors (Lipinski definition) is 4. The normalized spacial score (nSPS) is 13.6. The first kappa shape index (κ1) is 22.5. The zero-order valence-corrected chi connectivity index (χ0v) is 18.3. The number of benzene rings is 2. The van der Waals surface area contributed by atoms with E-state index in [0.717, 1.165) is 11.8 Å². The standard InChI is InChI=1S/C23H21ClFN5O3/c24-19-7-6-16(25)12-18(19)23(33)29-10-8-28(9-11-29)21(31)13-26-22(32)20-14-30(15-27-20)17-4-2-1-3-5-17/h1-7,12,14-15H,8-11,13H2,(H,26,32). The molecule has 0 saturated carbocycles. The Bertz CT molecular complexity index is 1180. The van der Waals surface area contributed by atoms with Crippen molar-refractivity contribution >= 4 is 29.3 Å². The van der Waals surface area contributed by atoms with Crippen molar-refractivity contribution in [1.29, 1.82) is 0 Å². The van der Waals surface area contributed by atoms with Gasteiger partial charge in [0.15, 0.2) is 0 Å². The molecular formula is C23H21ClFN5O3. The van der Waals surface area contributed by atoms with Crippen LogP contribution in [0.4, 0.5) is 4.39 Å². The maximum Gasteiger partial charge on any atom is 0.271 e. The molecule has 3 amide bonds. The van der Waals surface area contributed by atoms with Gasteiger partial charge in [-0.25, -0.2) is 9.37 Å². The van der Waals surface area contributed by atoms with Crippen LogP contribution in [0.2, 0.25) is 5.02 Å². The van der Waals surface area contributed by atoms with Crippen molar-refractivity contribution in [2.75, 3.05) is 32.7 Å². The lowest BCUT2D eigenvalue weighted by molar-refractivity contribution is -0.131. The van der Waals surface area contributed by atoms with E-state index in [4.69, 9.17) is 11.6 Å². The van der Waals surface area contributed by atoms with Crippen LogP contribution in [0.5, 0.6) is 0 Å². The Morgan fingerprint density at radius 3 is 2.42 bits per heavy atom. The number of carbonyl (C=O) groups excluding carboxylic acids is 3. The summed E-state index contributed by atoms with van der Waals surface area (Å²) in [6, 6.07) is 13.1. The molecule has 0 unspecified atom stereocenters. The van der Waals surface area contributed by atoms with Crippen LogP contribution in [0.1, 0.15) is 20.8 Å². The van der Waals surface area contributed by atoms with Crippen LogP contribution in [0.25, 0.3) is 5.69 Å². The summed E-state index contributed by atoms with van der Waals surface area (Å²) in [4.78, 5) is 44.7. The predicted octanol–water partition coefficient (Wildman–Crippen LogP) is 2.38. The minimum atomic E-state index is -0.541. The van der Waals surface area contributed by atoms with Crippen LogP contribution >= 0.6 is 11.6 Å². The topological polar surface area (TPSA) is 87.5 Å². The summed E-state index contributed by atoms with van der Waals surface area (Å²) in [7, 11) is 0. The van der Waals surface area contributed by atoms with Crippen LogP contribution in [0.15, 0.2) is 61.1 Å². The van der Waals surface area contributed by atoms with Gasteiger partial charge in [0.2, 0.25) is 5.91 Å². The molecule has 1 aliphatic rings. The molecule has 0 bridgehead atoms. The van der Waals surface area contributed by atoms with Crippen molar-refractivity contribution in [3.8, 4) is 5.69 Å². The van der Waals surface area contributed by atoms with Gasteiger partial charge in [-0.3, -0.25) is 14.4 Å². The Morgan fingerprint density at radius 2 is 1.70 bits per heavy atom. The third kappa shape index (κ3) is 5.20. The van der Waals surface area contributed by atoms with Gasteiger partial charge in [0.25, 0.3) is 11.8 Å². The van der Waals surface area contributed by atoms with Gasteiger partial charge in [-0.15, -0.1) is 0 Å². The van der Waals surface area contributed by atoms with Crippen LogP contribution in [-0.2, 0) is 4.79 Å². The lowest BCUT2D eigenvalue weighted by Gasteiger charge is -2.35. The Labute approximate surface area is 194 Å². The lowest BCUT2D eigenvalue weighted by atomic mass is 10.1. The fraction of sp³-hybridized carbons (Fsp3) is 0.217. The summed E-state index contributed by atoms with van der Waals surface area (Å²) >= 11 is 6.02. The molecule has 4 rings (SSSR count). The van der Waals surface area contributed by atoms with Gasteiger partial charge in [0.1, 0.15) is 17.8 Å². The highest BCUT2D eigenvalue weighted by Crippen LogP contribution is 2.20. The van der Waals surface area contributed by atoms with Gasteiger partial charge in [0.05, 0.1) is 17.1 Å². The van der Waals surface area contributed by atoms with E-state index in [1.165, 1.54) is 23.4 Å². The molecule has 170 valence electrons. The molecule has 2 heterocycles. The largest absolute Gasteiger partial charge is 0.342 e. The van der Waals surface area contributed by atoms with Gasteiger partial charge in [-0.05, 0) is 30.3 Å². The number of para-hydroxylation sites is 1. The number of halogens is 2. The average Bonchev–Trinajstić information content (AvgIpc) is 3.34. The highest BCUT2D eigenvalue weighted by atomic mass is 35.5. The highest BCUT2D eigenvalue weighted by Gasteiger charge is 2.26. The van der Waals surface area contributed by atoms with E-state index in [1.54, 1.807) is 15.7 Å². The second-order valence-electron chi connectivity index (χ2n) is 7.48. The number of piperazine rings is 1. The second-order valence-corrected chi connectivity index (χ2v) is 7.89. The van der Waals surface area contributed by atoms with E-state index >= 15 is 0 Å². The molecule has 0 aliphatic carbocycles. The molecule has 0 atom stereocenters. The van der Waals surface area contributed by atoms with E-state index in [1.807, 2.05) is 30.3 Å². The number of aromatic nitrogens is 2. The van der Waals surface area contributed by atoms with Gasteiger partial charge in [0, 0.05) is 38.1 Å². The Hall–Kier alpha value is -3.72. The maximum atomic E-state index is 13.5. The molecule has 8 nitrogen and oxygen atoms in total. The van der Waals surface area contributed by atoms with Crippen molar-refractivity contribution in [2.24, 2.45) is 0 Å². The number of amides is 3. The quantitative estimate of drug-likeness (QED) is 0.621. The third-order valence-corrected chi connectivity index (χ3v) is 5.68. The van der Waals surface area contributed by atoms with Crippen molar-refractivity contribution in [2.45, 2.75) is 0 Å². The molecule has 1 aromatic heterocycles. The van der Waals surface area contributed by atoms with Crippen LogP contribution in [0.3, 0.4) is 0 Å². The Kier molecular flexibility index (Phi) is 6.69. The molecule has 3 aromatic rings. The van der Waals surface area contributed by atoms with E-state index in [2.05, 4.69) is 10.3 Å². The van der Waals surface area contributed by atoms with Gasteiger partial charge < -0.3 is 19.7 Å². The van der Waals surface area contributed by atoms with E-state index < -0.39 is 11.7 Å². The first-order chi connectivity index (χ1) is 15.9. The number of rotatable bonds is 5. The summed E-state index contributed by atoms with van der Waals surface area (Å²) in [5.74, 6) is -1.64. The second kappa shape index (κ2) is 9.83. The molecule has 10 heteroatoms. The molecule has 0 radical (unpaired) electrons. The number of carbonyl (C=O) groups is 3. The van der Waals surface area contributed by atoms with Crippen molar-refractivity contribution in [1.82, 2.24) is 24.7 Å². The molecule has 1 N–H and O–H groups in total. The molecule has 1 saturated heterocycles. The summed E-state index contributed by atoms with van der Waals surface area (Å²) in [5, 5.41) is 2.77. The summed E-state index contributed by atoms with van der Waals surface area (Å²) in [6.07, 6.45) is 3.13. The van der Waals surface area contributed by atoms with Gasteiger partial charge >= 0.3 is 0 Å². The van der Waals surface area contributed by atoms with Crippen LogP contribution in [0, 0.1) is 5.82 Å². The number of nitrogens with zero attached hydrogens (tertiary/aromatic N) is 4. The minimum Gasteiger partial charge on any atom is -0.342 e. The molecule has 1 fully saturated rings. The van der Waals surface area contributed by atoms with E-state index in [-0.39, 0.29) is 47.7 Å². The Morgan fingerprint density at radius 1 is 1.00 bits per heavy atom. The van der Waals surface area contributed by atoms with Crippen molar-refractivity contribution in [3.63, 3.8) is 0 Å². The maximum absolute atomic E-state index is 13.5. The highest BCUT2D eigenvalue weighted by molar-refractivity contribution is 6.33. The van der Waals surface area contributed by atoms with Crippen LogP contribution in [-0.4, -0.2) is 69.8 Å². The summed E-state index contributed by atoms with van der Waals surface area (Å²) in [6.45, 7) is 0.992. The van der Waals surface area contributed by atoms with Gasteiger partial charge in [-0.2, -0.15) is 0 Å². The SMILES string of the molecule is O=C(NCC(=O)N1CCN(C(=O)c2cc(F)ccc2Cl)CC1)c1cn(-c2ccccc2)cn1. The molecule has 0 spiro atoms. The molecule has 2 aromatic carbocycles. The van der Waals surface area contributed by atoms with Crippen molar-refractivity contribution < 1.29 is 18.8 Å². The average molecular weight is 470 g/mol. The van der Waals surface area contributed by atoms with Crippen molar-refractivity contribution in [3.05, 3.63) is 83.2 Å². The first-order valence-corrected chi connectivity index (χ1v) is 10.7. The van der Waals surface area contributed by atoms with Crippen LogP contribution < -0.4 is 5.32 Å². The predicted molar refractivity (Wildman–Crippen MR) is 120 cm³/mol. The lowest BCUT2D eigenvalue weighted by Crippen LogP contribution is -2.52. The monoisotopic (exact) mass is 469 g/mol. The Balaban J connectivity index is 1.27. The van der Waals surface area contributed by atoms with E-state index in [0.29, 0.717) is 13.1 Å². The fourth-order valence-electron chi connectivity index (χ4n) is 3.53. The smallest absolute Gasteiger partial charge is 0.271 e. The summed E-state index contributed by atoms with van der Waals surface area (Å²) in [5.41, 5.74) is 1.17. The first-order valence-electron chi connectivity index (χ1n) is 10.3. The zero-order chi connectivity index (χ0) is 23.4. The molecular weight excluding hydrogens is 449 g/mol. The minimum absolute atomic E-state index is 0.0960. The fourth-order valence-corrected chi connectivity index (χ4v) is 3.73. The number of hydrogen-bond donors (Lipinski definition) is 1. The van der Waals surface area contributed by atoms with Gasteiger partial charge in [-0.1, -0.05) is 29.8 Å². The van der Waals surface area contributed by atoms with E-state index in [9.17, 15) is 18.8 Å². The molecule has 1 aliphatic heterocycles. The zero-order valence-electron chi connectivity index (χ0n) is 17.6. The number of nitrogens with one attached hydrogen (secondary N) is 1. The number of imidazole rings is 1.